The van der Waals surface area contributed by atoms with Gasteiger partial charge in [-0.05, 0) is 73.6 Å². The van der Waals surface area contributed by atoms with Gasteiger partial charge in [-0.15, -0.1) is 0 Å². The number of rotatable bonds is 4. The van der Waals surface area contributed by atoms with Crippen LogP contribution in [0.4, 0.5) is 0 Å². The van der Waals surface area contributed by atoms with Crippen molar-refractivity contribution < 1.29 is 23.8 Å². The van der Waals surface area contributed by atoms with Crippen molar-refractivity contribution >= 4 is 22.8 Å². The van der Waals surface area contributed by atoms with E-state index in [9.17, 15) is 9.59 Å². The van der Waals surface area contributed by atoms with E-state index in [-0.39, 0.29) is 23.9 Å². The highest BCUT2D eigenvalue weighted by Crippen LogP contribution is 2.66. The minimum Gasteiger partial charge on any atom is -0.497 e. The number of carbonyl (C=O) groups excluding carboxylic acids is 2. The summed E-state index contributed by atoms with van der Waals surface area (Å²) >= 11 is 0. The van der Waals surface area contributed by atoms with Gasteiger partial charge in [-0.2, -0.15) is 0 Å². The standard InChI is InChI=1S/C33H38N2O5/c1-20-18-34(13-14-40-20)32(37)33-17-27(33)26-16-23(38-2)10-12-24(26)30-29(21-7-5-4-6-8-21)25-11-9-22(31(36)39-3)15-28(25)35(30)19-33/h9-12,15-16,20-21,27H,4-8,13-14,17-19H2,1-3H3/t20-,27?,33?/m0/s1. The van der Waals surface area contributed by atoms with E-state index in [1.807, 2.05) is 30.0 Å². The molecular weight excluding hydrogens is 504 g/mol. The molecule has 4 aliphatic rings. The fraction of sp³-hybridized carbons (Fsp3) is 0.515. The number of nitrogens with zero attached hydrogens (tertiary/aromatic N) is 2. The number of amides is 1. The van der Waals surface area contributed by atoms with Gasteiger partial charge in [0, 0.05) is 42.0 Å². The van der Waals surface area contributed by atoms with Crippen molar-refractivity contribution in [1.82, 2.24) is 9.47 Å². The quantitative estimate of drug-likeness (QED) is 0.385. The molecule has 7 nitrogen and oxygen atoms in total. The van der Waals surface area contributed by atoms with Crippen LogP contribution in [0.2, 0.25) is 0 Å². The number of hydrogen-bond acceptors (Lipinski definition) is 5. The summed E-state index contributed by atoms with van der Waals surface area (Å²) in [5, 5.41) is 1.19. The number of hydrogen-bond donors (Lipinski definition) is 0. The first-order valence-corrected chi connectivity index (χ1v) is 14.8. The molecule has 0 spiro atoms. The van der Waals surface area contributed by atoms with E-state index in [0.29, 0.717) is 37.7 Å². The molecule has 2 aromatic carbocycles. The SMILES string of the molecule is COC(=O)c1ccc2c(C3CCCCC3)c3n(c2c1)CC1(C(=O)N2CCO[C@@H](C)C2)CC1c1cc(OC)ccc1-3. The zero-order valence-electron chi connectivity index (χ0n) is 23.7. The highest BCUT2D eigenvalue weighted by molar-refractivity contribution is 6.00. The van der Waals surface area contributed by atoms with Crippen LogP contribution < -0.4 is 4.74 Å². The van der Waals surface area contributed by atoms with Gasteiger partial charge in [0.05, 0.1) is 43.6 Å². The molecule has 2 aliphatic carbocycles. The largest absolute Gasteiger partial charge is 0.497 e. The average Bonchev–Trinajstić information content (AvgIpc) is 3.66. The molecule has 1 aromatic heterocycles. The molecule has 2 saturated carbocycles. The van der Waals surface area contributed by atoms with E-state index in [1.165, 1.54) is 54.1 Å². The maximum Gasteiger partial charge on any atom is 0.337 e. The van der Waals surface area contributed by atoms with Crippen molar-refractivity contribution in [1.29, 1.82) is 0 Å². The fourth-order valence-corrected chi connectivity index (χ4v) is 7.84. The Bertz CT molecular complexity index is 1500. The summed E-state index contributed by atoms with van der Waals surface area (Å²) in [7, 11) is 3.13. The first-order chi connectivity index (χ1) is 19.4. The van der Waals surface area contributed by atoms with Crippen molar-refractivity contribution in [2.45, 2.75) is 69.9 Å². The molecule has 0 bridgehead atoms. The maximum atomic E-state index is 14.4. The molecule has 210 valence electrons. The summed E-state index contributed by atoms with van der Waals surface area (Å²) in [4.78, 5) is 29.1. The van der Waals surface area contributed by atoms with Crippen LogP contribution in [0.3, 0.4) is 0 Å². The number of morpholine rings is 1. The lowest BCUT2D eigenvalue weighted by atomic mass is 9.81. The Kier molecular flexibility index (Phi) is 6.19. The van der Waals surface area contributed by atoms with E-state index >= 15 is 0 Å². The van der Waals surface area contributed by atoms with Crippen molar-refractivity contribution in [3.05, 3.63) is 53.1 Å². The maximum absolute atomic E-state index is 14.4. The number of benzene rings is 2. The molecule has 3 aromatic rings. The zero-order valence-corrected chi connectivity index (χ0v) is 23.7. The second kappa shape index (κ2) is 9.65. The number of methoxy groups -OCH3 is 2. The van der Waals surface area contributed by atoms with Crippen LogP contribution in [0.25, 0.3) is 22.2 Å². The molecule has 0 radical (unpaired) electrons. The Morgan fingerprint density at radius 1 is 1.05 bits per heavy atom. The Morgan fingerprint density at radius 2 is 1.88 bits per heavy atom. The summed E-state index contributed by atoms with van der Waals surface area (Å²) in [5.74, 6) is 1.28. The van der Waals surface area contributed by atoms with Crippen LogP contribution in [-0.4, -0.2) is 61.4 Å². The third kappa shape index (κ3) is 3.88. The monoisotopic (exact) mass is 542 g/mol. The van der Waals surface area contributed by atoms with Crippen LogP contribution in [0.5, 0.6) is 5.75 Å². The van der Waals surface area contributed by atoms with Crippen molar-refractivity contribution in [2.75, 3.05) is 33.9 Å². The number of fused-ring (bicyclic) bond motifs is 7. The molecular formula is C33H38N2O5. The van der Waals surface area contributed by atoms with Crippen molar-refractivity contribution in [3.8, 4) is 17.0 Å². The third-order valence-corrected chi connectivity index (χ3v) is 9.90. The molecule has 7 rings (SSSR count). The molecule has 40 heavy (non-hydrogen) atoms. The minimum absolute atomic E-state index is 0.0351. The van der Waals surface area contributed by atoms with Gasteiger partial charge in [0.2, 0.25) is 5.91 Å². The minimum atomic E-state index is -0.527. The predicted octanol–water partition coefficient (Wildman–Crippen LogP) is 5.89. The van der Waals surface area contributed by atoms with E-state index in [0.717, 1.165) is 30.5 Å². The lowest BCUT2D eigenvalue weighted by Crippen LogP contribution is -2.48. The molecule has 1 amide bonds. The second-order valence-corrected chi connectivity index (χ2v) is 12.2. The summed E-state index contributed by atoms with van der Waals surface area (Å²) < 4.78 is 18.9. The van der Waals surface area contributed by atoms with Crippen LogP contribution in [0.1, 0.15) is 78.8 Å². The van der Waals surface area contributed by atoms with Crippen molar-refractivity contribution in [2.24, 2.45) is 5.41 Å². The highest BCUT2D eigenvalue weighted by atomic mass is 16.5. The van der Waals surface area contributed by atoms with Crippen LogP contribution in [0, 0.1) is 5.41 Å². The molecule has 7 heteroatoms. The van der Waals surface area contributed by atoms with Gasteiger partial charge in [-0.25, -0.2) is 4.79 Å². The number of aromatic nitrogens is 1. The molecule has 3 fully saturated rings. The van der Waals surface area contributed by atoms with Gasteiger partial charge in [0.1, 0.15) is 5.75 Å². The smallest absolute Gasteiger partial charge is 0.337 e. The second-order valence-electron chi connectivity index (χ2n) is 12.2. The summed E-state index contributed by atoms with van der Waals surface area (Å²) in [5.41, 5.74) is 6.04. The Balaban J connectivity index is 1.47. The highest BCUT2D eigenvalue weighted by Gasteiger charge is 2.64. The van der Waals surface area contributed by atoms with Gasteiger partial charge >= 0.3 is 5.97 Å². The molecule has 3 atom stereocenters. The van der Waals surface area contributed by atoms with Gasteiger partial charge in [0.15, 0.2) is 0 Å². The lowest BCUT2D eigenvalue weighted by molar-refractivity contribution is -0.144. The normalized spacial score (nSPS) is 25.9. The van der Waals surface area contributed by atoms with E-state index < -0.39 is 5.41 Å². The van der Waals surface area contributed by atoms with E-state index in [4.69, 9.17) is 14.2 Å². The van der Waals surface area contributed by atoms with Gasteiger partial charge < -0.3 is 23.7 Å². The lowest BCUT2D eigenvalue weighted by Gasteiger charge is -2.34. The van der Waals surface area contributed by atoms with E-state index in [1.54, 1.807) is 7.11 Å². The Hall–Kier alpha value is -3.32. The van der Waals surface area contributed by atoms with Crippen molar-refractivity contribution in [3.63, 3.8) is 0 Å². The van der Waals surface area contributed by atoms with E-state index in [2.05, 4.69) is 22.8 Å². The predicted molar refractivity (Wildman–Crippen MR) is 153 cm³/mol. The molecule has 2 unspecified atom stereocenters. The third-order valence-electron chi connectivity index (χ3n) is 9.90. The number of ether oxygens (including phenoxy) is 3. The molecule has 1 saturated heterocycles. The Labute approximate surface area is 235 Å². The summed E-state index contributed by atoms with van der Waals surface area (Å²) in [6, 6.07) is 12.4. The Morgan fingerprint density at radius 3 is 2.62 bits per heavy atom. The molecule has 0 N–H and O–H groups in total. The van der Waals surface area contributed by atoms with Crippen LogP contribution in [0.15, 0.2) is 36.4 Å². The first-order valence-electron chi connectivity index (χ1n) is 14.8. The van der Waals surface area contributed by atoms with Gasteiger partial charge in [0.25, 0.3) is 0 Å². The topological polar surface area (TPSA) is 70.0 Å². The van der Waals surface area contributed by atoms with Gasteiger partial charge in [-0.1, -0.05) is 25.3 Å². The van der Waals surface area contributed by atoms with Crippen LogP contribution in [-0.2, 0) is 20.8 Å². The molecule has 2 aliphatic heterocycles. The zero-order chi connectivity index (χ0) is 27.6. The first kappa shape index (κ1) is 25.6. The summed E-state index contributed by atoms with van der Waals surface area (Å²) in [6.45, 7) is 4.46. The number of carbonyl (C=O) groups is 2. The fourth-order valence-electron chi connectivity index (χ4n) is 7.84. The number of esters is 1. The van der Waals surface area contributed by atoms with Gasteiger partial charge in [-0.3, -0.25) is 4.79 Å². The average molecular weight is 543 g/mol. The van der Waals surface area contributed by atoms with Crippen LogP contribution >= 0.6 is 0 Å². The molecule has 3 heterocycles. The summed E-state index contributed by atoms with van der Waals surface area (Å²) in [6.07, 6.45) is 6.91.